The van der Waals surface area contributed by atoms with Crippen LogP contribution in [0.3, 0.4) is 0 Å². The van der Waals surface area contributed by atoms with Gasteiger partial charge >= 0.3 is 23.5 Å². The van der Waals surface area contributed by atoms with Gasteiger partial charge in [-0.25, -0.2) is 13.7 Å². The Morgan fingerprint density at radius 1 is 0.789 bits per heavy atom. The number of rotatable bonds is 4. The Labute approximate surface area is 105 Å². The van der Waals surface area contributed by atoms with Gasteiger partial charge in [0.05, 0.1) is 12.4 Å². The highest BCUT2D eigenvalue weighted by molar-refractivity contribution is 7.66. The summed E-state index contributed by atoms with van der Waals surface area (Å²) in [5.41, 5.74) is 0. The molecule has 13 nitrogen and oxygen atoms in total. The van der Waals surface area contributed by atoms with E-state index >= 15 is 0 Å². The second kappa shape index (κ2) is 7.27. The zero-order chi connectivity index (χ0) is 15.2. The van der Waals surface area contributed by atoms with E-state index in [-0.39, 0.29) is 0 Å². The predicted octanol–water partition coefficient (Wildman–Crippen LogP) is -0.823. The fourth-order valence-corrected chi connectivity index (χ4v) is 3.03. The van der Waals surface area contributed by atoms with Gasteiger partial charge in [-0.15, -0.1) is 10.2 Å². The Balaban J connectivity index is 0.000000443. The van der Waals surface area contributed by atoms with Crippen LogP contribution in [0.1, 0.15) is 0 Å². The lowest BCUT2D eigenvalue weighted by Crippen LogP contribution is -1.91. The first-order chi connectivity index (χ1) is 8.41. The summed E-state index contributed by atoms with van der Waals surface area (Å²) < 4.78 is 36.4. The largest absolute Gasteiger partial charge is 0.490 e. The summed E-state index contributed by atoms with van der Waals surface area (Å²) in [6.45, 7) is 0. The van der Waals surface area contributed by atoms with Crippen molar-refractivity contribution in [3.63, 3.8) is 0 Å². The van der Waals surface area contributed by atoms with Gasteiger partial charge in [-0.05, 0) is 11.3 Å². The Bertz CT molecular complexity index is 455. The molecule has 0 aromatic carbocycles. The van der Waals surface area contributed by atoms with Gasteiger partial charge in [0.15, 0.2) is 0 Å². The van der Waals surface area contributed by atoms with Gasteiger partial charge in [0.25, 0.3) is 0 Å². The van der Waals surface area contributed by atoms with Gasteiger partial charge in [0, 0.05) is 0 Å². The topological polar surface area (TPSA) is 209 Å². The first-order valence-electron chi connectivity index (χ1n) is 3.86. The monoisotopic (exact) mass is 339 g/mol. The molecule has 1 aromatic heterocycles. The summed E-state index contributed by atoms with van der Waals surface area (Å²) in [6, 6.07) is 1.72. The smallest absolute Gasteiger partial charge is 0.302 e. The maximum Gasteiger partial charge on any atom is 0.490 e. The molecule has 0 aliphatic carbocycles. The maximum absolute atomic E-state index is 10.4. The molecule has 0 aliphatic heterocycles. The lowest BCUT2D eigenvalue weighted by molar-refractivity contribution is 0.204. The zero-order valence-electron chi connectivity index (χ0n) is 8.69. The van der Waals surface area contributed by atoms with Crippen molar-refractivity contribution in [3.8, 4) is 0 Å². The molecule has 19 heavy (non-hydrogen) atoms. The van der Waals surface area contributed by atoms with E-state index in [1.54, 1.807) is 18.5 Å². The molecule has 0 atom stereocenters. The Kier molecular flexibility index (Phi) is 7.05. The lowest BCUT2D eigenvalue weighted by Gasteiger charge is -2.11. The molecule has 0 aliphatic rings. The van der Waals surface area contributed by atoms with Crippen LogP contribution in [0.5, 0.6) is 0 Å². The van der Waals surface area contributed by atoms with Crippen molar-refractivity contribution in [2.75, 3.05) is 0 Å². The minimum Gasteiger partial charge on any atom is -0.302 e. The van der Waals surface area contributed by atoms with Gasteiger partial charge in [-0.3, -0.25) is 0 Å². The van der Waals surface area contributed by atoms with E-state index in [0.717, 1.165) is 0 Å². The second-order valence-electron chi connectivity index (χ2n) is 2.42. The SMILES string of the molecule is O=P(O)(O)OP(=O)(O)OP(=O)(O)O.c1cnnnc1. The molecule has 0 saturated heterocycles. The zero-order valence-corrected chi connectivity index (χ0v) is 11.4. The first kappa shape index (κ1) is 18.4. The van der Waals surface area contributed by atoms with Crippen molar-refractivity contribution in [2.24, 2.45) is 0 Å². The molecule has 0 saturated carbocycles. The van der Waals surface area contributed by atoms with Crippen LogP contribution in [0.25, 0.3) is 0 Å². The molecule has 0 spiro atoms. The van der Waals surface area contributed by atoms with Crippen molar-refractivity contribution in [1.82, 2.24) is 15.4 Å². The van der Waals surface area contributed by atoms with Crippen LogP contribution in [0.2, 0.25) is 0 Å². The standard InChI is InChI=1S/C3H3N3.H5O10P3/c1-2-4-6-5-3-1;1-11(2,3)9-13(7,8)10-12(4,5)6/h1-3H;(H,7,8)(H2,1,2,3)(H2,4,5,6). The second-order valence-corrected chi connectivity index (χ2v) is 6.63. The first-order valence-corrected chi connectivity index (χ1v) is 8.42. The molecule has 110 valence electrons. The van der Waals surface area contributed by atoms with Crippen LogP contribution in [0.15, 0.2) is 18.5 Å². The van der Waals surface area contributed by atoms with E-state index in [1.165, 1.54) is 0 Å². The molecule has 0 amide bonds. The van der Waals surface area contributed by atoms with Crippen molar-refractivity contribution in [3.05, 3.63) is 18.5 Å². The number of nitrogens with zero attached hydrogens (tertiary/aromatic N) is 3. The lowest BCUT2D eigenvalue weighted by atomic mass is 10.7. The van der Waals surface area contributed by atoms with Crippen LogP contribution in [0.4, 0.5) is 0 Å². The average Bonchev–Trinajstić information content (AvgIpc) is 2.13. The van der Waals surface area contributed by atoms with E-state index in [4.69, 9.17) is 24.5 Å². The fourth-order valence-electron chi connectivity index (χ4n) is 0.489. The van der Waals surface area contributed by atoms with E-state index in [0.29, 0.717) is 0 Å². The third-order valence-corrected chi connectivity index (χ3v) is 4.18. The van der Waals surface area contributed by atoms with E-state index in [9.17, 15) is 13.7 Å². The van der Waals surface area contributed by atoms with E-state index in [2.05, 4.69) is 24.0 Å². The maximum atomic E-state index is 10.4. The van der Waals surface area contributed by atoms with Gasteiger partial charge in [-0.2, -0.15) is 8.62 Å². The third-order valence-electron chi connectivity index (χ3n) is 0.828. The van der Waals surface area contributed by atoms with Crippen molar-refractivity contribution in [2.45, 2.75) is 0 Å². The van der Waals surface area contributed by atoms with E-state index in [1.807, 2.05) is 0 Å². The quantitative estimate of drug-likeness (QED) is 0.425. The summed E-state index contributed by atoms with van der Waals surface area (Å²) in [7, 11) is -16.2. The normalized spacial score (nSPS) is 12.5. The molecule has 0 radical (unpaired) electrons. The highest BCUT2D eigenvalue weighted by Crippen LogP contribution is 2.64. The van der Waals surface area contributed by atoms with Gasteiger partial charge < -0.3 is 24.5 Å². The molecule has 1 aromatic rings. The third kappa shape index (κ3) is 13.6. The molecule has 1 heterocycles. The van der Waals surface area contributed by atoms with Crippen LogP contribution >= 0.6 is 23.5 Å². The van der Waals surface area contributed by atoms with Crippen molar-refractivity contribution >= 4 is 23.5 Å². The van der Waals surface area contributed by atoms with Gasteiger partial charge in [0.2, 0.25) is 0 Å². The van der Waals surface area contributed by atoms with Crippen LogP contribution in [-0.2, 0) is 22.3 Å². The molecule has 0 fully saturated rings. The summed E-state index contributed by atoms with van der Waals surface area (Å²) in [5.74, 6) is 0. The Hall–Kier alpha value is -0.580. The van der Waals surface area contributed by atoms with Gasteiger partial charge in [0.1, 0.15) is 0 Å². The molecule has 5 N–H and O–H groups in total. The minimum absolute atomic E-state index is 1.58. The average molecular weight is 339 g/mol. The Morgan fingerprint density at radius 3 is 1.32 bits per heavy atom. The van der Waals surface area contributed by atoms with Crippen molar-refractivity contribution < 1.29 is 46.8 Å². The summed E-state index contributed by atoms with van der Waals surface area (Å²) in [6.07, 6.45) is 3.15. The fraction of sp³-hybridized carbons (Fsp3) is 0. The number of phosphoric acid groups is 3. The van der Waals surface area contributed by atoms with Crippen LogP contribution in [-0.4, -0.2) is 39.9 Å². The summed E-state index contributed by atoms with van der Waals surface area (Å²) in [5, 5.41) is 10.1. The van der Waals surface area contributed by atoms with Crippen LogP contribution < -0.4 is 0 Å². The molecule has 0 unspecified atom stereocenters. The molecular weight excluding hydrogens is 331 g/mol. The predicted molar refractivity (Wildman–Crippen MR) is 55.9 cm³/mol. The number of hydrogen-bond donors (Lipinski definition) is 5. The molecule has 0 bridgehead atoms. The van der Waals surface area contributed by atoms with E-state index < -0.39 is 23.5 Å². The number of aromatic nitrogens is 3. The molecule has 1 rings (SSSR count). The molecule has 16 heteroatoms. The number of hydrogen-bond acceptors (Lipinski definition) is 8. The molecular formula is C3H8N3O10P3. The highest BCUT2D eigenvalue weighted by atomic mass is 31.3. The van der Waals surface area contributed by atoms with Crippen molar-refractivity contribution in [1.29, 1.82) is 0 Å². The van der Waals surface area contributed by atoms with Gasteiger partial charge in [-0.1, -0.05) is 0 Å². The summed E-state index contributed by atoms with van der Waals surface area (Å²) >= 11 is 0. The van der Waals surface area contributed by atoms with Crippen LogP contribution in [0, 0.1) is 0 Å². The highest BCUT2D eigenvalue weighted by Gasteiger charge is 2.38. The minimum atomic E-state index is -5.46. The summed E-state index contributed by atoms with van der Waals surface area (Å²) in [4.78, 5) is 40.2. The Morgan fingerprint density at radius 2 is 1.16 bits per heavy atom.